The molecule has 16 heavy (non-hydrogen) atoms. The molecule has 0 rings (SSSR count). The van der Waals surface area contributed by atoms with Crippen LogP contribution in [0.4, 0.5) is 0 Å². The third-order valence-electron chi connectivity index (χ3n) is 2.33. The third-order valence-corrected chi connectivity index (χ3v) is 2.33. The molecule has 0 bridgehead atoms. The van der Waals surface area contributed by atoms with Crippen molar-refractivity contribution in [2.24, 2.45) is 5.41 Å². The van der Waals surface area contributed by atoms with Gasteiger partial charge >= 0.3 is 0 Å². The smallest absolute Gasteiger partial charge is 0.244 e. The molecular weight excluding hydrogens is 202 g/mol. The lowest BCUT2D eigenvalue weighted by atomic mass is 9.85. The minimum atomic E-state index is -0.119. The van der Waals surface area contributed by atoms with Crippen molar-refractivity contribution in [3.05, 3.63) is 24.3 Å². The van der Waals surface area contributed by atoms with Gasteiger partial charge in [-0.05, 0) is 18.8 Å². The molecule has 1 unspecified atom stereocenters. The summed E-state index contributed by atoms with van der Waals surface area (Å²) < 4.78 is 0. The first-order valence-electron chi connectivity index (χ1n) is 5.62. The van der Waals surface area contributed by atoms with E-state index in [0.29, 0.717) is 6.42 Å². The Bertz CT molecular complexity index is 262. The molecule has 92 valence electrons. The number of carbonyl (C=O) groups excluding carboxylic acids is 1. The number of carbonyl (C=O) groups is 1. The zero-order valence-electron chi connectivity index (χ0n) is 10.7. The fourth-order valence-corrected chi connectivity index (χ4v) is 1.32. The number of amides is 1. The maximum absolute atomic E-state index is 11.5. The molecule has 1 amide bonds. The van der Waals surface area contributed by atoms with Gasteiger partial charge in [0.1, 0.15) is 0 Å². The molecular formula is C13H23NO2. The van der Waals surface area contributed by atoms with Gasteiger partial charge in [0.25, 0.3) is 0 Å². The predicted octanol–water partition coefficient (Wildman–Crippen LogP) is 2.03. The summed E-state index contributed by atoms with van der Waals surface area (Å²) >= 11 is 0. The minimum Gasteiger partial charge on any atom is -0.396 e. The first-order chi connectivity index (χ1) is 7.41. The first kappa shape index (κ1) is 14.9. The van der Waals surface area contributed by atoms with Crippen LogP contribution in [0, 0.1) is 5.41 Å². The molecule has 3 heteroatoms. The van der Waals surface area contributed by atoms with E-state index in [9.17, 15) is 4.79 Å². The minimum absolute atomic E-state index is 0.0137. The zero-order chi connectivity index (χ0) is 12.6. The first-order valence-corrected chi connectivity index (χ1v) is 5.62. The van der Waals surface area contributed by atoms with E-state index >= 15 is 0 Å². The van der Waals surface area contributed by atoms with Crippen LogP contribution in [0.2, 0.25) is 0 Å². The second-order valence-corrected chi connectivity index (χ2v) is 4.82. The van der Waals surface area contributed by atoms with Crippen LogP contribution < -0.4 is 5.32 Å². The molecule has 0 saturated heterocycles. The van der Waals surface area contributed by atoms with Crippen LogP contribution in [0.15, 0.2) is 24.3 Å². The summed E-state index contributed by atoms with van der Waals surface area (Å²) in [6.45, 7) is 8.11. The van der Waals surface area contributed by atoms with Gasteiger partial charge in [-0.25, -0.2) is 0 Å². The van der Waals surface area contributed by atoms with E-state index in [1.807, 2.05) is 33.8 Å². The Balaban J connectivity index is 4.35. The lowest BCUT2D eigenvalue weighted by Gasteiger charge is -2.30. The van der Waals surface area contributed by atoms with Gasteiger partial charge in [0.15, 0.2) is 0 Å². The normalized spacial score (nSPS) is 14.6. The highest BCUT2D eigenvalue weighted by molar-refractivity contribution is 5.88. The lowest BCUT2D eigenvalue weighted by molar-refractivity contribution is -0.118. The molecule has 0 aliphatic carbocycles. The van der Waals surface area contributed by atoms with E-state index in [1.165, 1.54) is 6.08 Å². The van der Waals surface area contributed by atoms with Crippen molar-refractivity contribution in [2.75, 3.05) is 6.61 Å². The van der Waals surface area contributed by atoms with Crippen LogP contribution in [-0.4, -0.2) is 23.7 Å². The Morgan fingerprint density at radius 2 is 2.00 bits per heavy atom. The summed E-state index contributed by atoms with van der Waals surface area (Å²) in [6, 6.07) is -0.0137. The van der Waals surface area contributed by atoms with Gasteiger partial charge in [-0.3, -0.25) is 4.79 Å². The number of rotatable bonds is 5. The fraction of sp³-hybridized carbons (Fsp3) is 0.615. The number of allylic oxidation sites excluding steroid dienone is 3. The standard InChI is InChI=1S/C13H23NO2/c1-5-6-7-8-12(16)14-11(9-10-15)13(2,3)4/h5-8,11,15H,9-10H2,1-4H3,(H,14,16). The van der Waals surface area contributed by atoms with Gasteiger partial charge in [-0.1, -0.05) is 39.0 Å². The summed E-state index contributed by atoms with van der Waals surface area (Å²) in [7, 11) is 0. The lowest BCUT2D eigenvalue weighted by Crippen LogP contribution is -2.43. The number of nitrogens with one attached hydrogen (secondary N) is 1. The van der Waals surface area contributed by atoms with Crippen molar-refractivity contribution < 1.29 is 9.90 Å². The van der Waals surface area contributed by atoms with Crippen molar-refractivity contribution >= 4 is 5.91 Å². The van der Waals surface area contributed by atoms with Crippen molar-refractivity contribution in [3.8, 4) is 0 Å². The van der Waals surface area contributed by atoms with Crippen LogP contribution in [-0.2, 0) is 4.79 Å². The largest absolute Gasteiger partial charge is 0.396 e. The second-order valence-electron chi connectivity index (χ2n) is 4.82. The Hall–Kier alpha value is -1.09. The van der Waals surface area contributed by atoms with E-state index < -0.39 is 0 Å². The van der Waals surface area contributed by atoms with Gasteiger partial charge in [-0.15, -0.1) is 0 Å². The average Bonchev–Trinajstić information content (AvgIpc) is 2.16. The number of aliphatic hydroxyl groups excluding tert-OH is 1. The Labute approximate surface area is 98.2 Å². The van der Waals surface area contributed by atoms with Crippen molar-refractivity contribution in [1.82, 2.24) is 5.32 Å². The third kappa shape index (κ3) is 6.40. The van der Waals surface area contributed by atoms with Crippen molar-refractivity contribution in [1.29, 1.82) is 0 Å². The molecule has 0 saturated carbocycles. The molecule has 0 aromatic heterocycles. The second kappa shape index (κ2) is 7.23. The number of aliphatic hydroxyl groups is 1. The van der Waals surface area contributed by atoms with E-state index in [1.54, 1.807) is 12.2 Å². The topological polar surface area (TPSA) is 49.3 Å². The van der Waals surface area contributed by atoms with E-state index in [-0.39, 0.29) is 24.0 Å². The molecule has 1 atom stereocenters. The monoisotopic (exact) mass is 225 g/mol. The maximum atomic E-state index is 11.5. The summed E-state index contributed by atoms with van der Waals surface area (Å²) in [4.78, 5) is 11.5. The van der Waals surface area contributed by atoms with Gasteiger partial charge in [-0.2, -0.15) is 0 Å². The number of hydrogen-bond acceptors (Lipinski definition) is 2. The van der Waals surface area contributed by atoms with Crippen molar-refractivity contribution in [3.63, 3.8) is 0 Å². The van der Waals surface area contributed by atoms with Gasteiger partial charge in [0.05, 0.1) is 0 Å². The predicted molar refractivity (Wildman–Crippen MR) is 67.0 cm³/mol. The van der Waals surface area contributed by atoms with Crippen LogP contribution in [0.5, 0.6) is 0 Å². The Morgan fingerprint density at radius 1 is 1.38 bits per heavy atom. The van der Waals surface area contributed by atoms with Gasteiger partial charge in [0, 0.05) is 18.7 Å². The molecule has 2 N–H and O–H groups in total. The molecule has 0 fully saturated rings. The SMILES string of the molecule is CC=CC=CC(=O)NC(CCO)C(C)(C)C. The zero-order valence-corrected chi connectivity index (χ0v) is 10.7. The molecule has 0 aliphatic heterocycles. The molecule has 0 heterocycles. The van der Waals surface area contributed by atoms with E-state index in [2.05, 4.69) is 5.32 Å². The highest BCUT2D eigenvalue weighted by Gasteiger charge is 2.24. The molecule has 0 aromatic rings. The average molecular weight is 225 g/mol. The van der Waals surface area contributed by atoms with Gasteiger partial charge < -0.3 is 10.4 Å². The maximum Gasteiger partial charge on any atom is 0.244 e. The molecule has 0 aliphatic rings. The highest BCUT2D eigenvalue weighted by Crippen LogP contribution is 2.21. The highest BCUT2D eigenvalue weighted by atomic mass is 16.3. The van der Waals surface area contributed by atoms with E-state index in [4.69, 9.17) is 5.11 Å². The summed E-state index contributed by atoms with van der Waals surface area (Å²) in [6.07, 6.45) is 7.44. The Morgan fingerprint density at radius 3 is 2.44 bits per heavy atom. The van der Waals surface area contributed by atoms with Crippen LogP contribution in [0.25, 0.3) is 0 Å². The summed E-state index contributed by atoms with van der Waals surface area (Å²) in [5.74, 6) is -0.119. The van der Waals surface area contributed by atoms with Crippen LogP contribution in [0.3, 0.4) is 0 Å². The number of hydrogen-bond donors (Lipinski definition) is 2. The molecule has 0 aromatic carbocycles. The van der Waals surface area contributed by atoms with Crippen LogP contribution >= 0.6 is 0 Å². The molecule has 0 radical (unpaired) electrons. The van der Waals surface area contributed by atoms with Gasteiger partial charge in [0.2, 0.25) is 5.91 Å². The fourth-order valence-electron chi connectivity index (χ4n) is 1.32. The quantitative estimate of drug-likeness (QED) is 0.555. The summed E-state index contributed by atoms with van der Waals surface area (Å²) in [5, 5.41) is 11.8. The van der Waals surface area contributed by atoms with Crippen molar-refractivity contribution in [2.45, 2.75) is 40.2 Å². The molecule has 0 spiro atoms. The van der Waals surface area contributed by atoms with Crippen LogP contribution in [0.1, 0.15) is 34.1 Å². The summed E-state index contributed by atoms with van der Waals surface area (Å²) in [5.41, 5.74) is -0.0488. The van der Waals surface area contributed by atoms with E-state index in [0.717, 1.165) is 0 Å². The Kier molecular flexibility index (Phi) is 6.74. The molecule has 3 nitrogen and oxygen atoms in total.